The van der Waals surface area contributed by atoms with Gasteiger partial charge in [-0.05, 0) is 60.6 Å². The van der Waals surface area contributed by atoms with Crippen molar-refractivity contribution in [2.45, 2.75) is 90.3 Å². The standard InChI is InChI=1S/C57H60FN9O13/c1-3-57(78)41-23-45-53-39(30-67(45)55(76)40(41)31-80-56(57)77)38(37-21-34(2)42(58)24-43(37)64-53)29-65(28-36-15-9-5-10-16-36)52(74)32-79-33-62-48(70)26-61-54(75)44(22-35-13-7-4-8-14-35)63-49(71)27-60-47(69)25-59-46(68)17-11-6-12-20-66-50(72)18-19-51(66)73/h4-5,7-10,13-16,18-19,21,23-24,44,78H,3,6,11-12,17,20,22,25-33H2,1-2H3,(H,59,68)(H,60,69)(H,61,75)(H,62,70)(H,63,71)/t44-,57-/m0/s1. The summed E-state index contributed by atoms with van der Waals surface area (Å²) in [6, 6.07) is 21.2. The number of fused-ring (bicyclic) bond motifs is 5. The quantitative estimate of drug-likeness (QED) is 0.0206. The van der Waals surface area contributed by atoms with Gasteiger partial charge in [0.2, 0.25) is 35.4 Å². The highest BCUT2D eigenvalue weighted by Gasteiger charge is 2.45. The zero-order valence-electron chi connectivity index (χ0n) is 44.1. The number of hydrogen-bond donors (Lipinski definition) is 6. The second-order valence-electron chi connectivity index (χ2n) is 19.5. The molecule has 0 unspecified atom stereocenters. The van der Waals surface area contributed by atoms with Gasteiger partial charge in [0.25, 0.3) is 17.4 Å². The fourth-order valence-corrected chi connectivity index (χ4v) is 9.61. The molecule has 0 bridgehead atoms. The maximum absolute atomic E-state index is 15.3. The van der Waals surface area contributed by atoms with Crippen molar-refractivity contribution in [2.75, 3.05) is 39.5 Å². The van der Waals surface area contributed by atoms with Crippen LogP contribution in [0.3, 0.4) is 0 Å². The van der Waals surface area contributed by atoms with Gasteiger partial charge in [0.15, 0.2) is 5.60 Å². The van der Waals surface area contributed by atoms with Gasteiger partial charge in [0.05, 0.1) is 48.6 Å². The highest BCUT2D eigenvalue weighted by Crippen LogP contribution is 2.41. The predicted octanol–water partition coefficient (Wildman–Crippen LogP) is 1.71. The topological polar surface area (TPSA) is 294 Å². The lowest BCUT2D eigenvalue weighted by Gasteiger charge is -2.31. The summed E-state index contributed by atoms with van der Waals surface area (Å²) >= 11 is 0. The van der Waals surface area contributed by atoms with Crippen LogP contribution in [0.4, 0.5) is 4.39 Å². The lowest BCUT2D eigenvalue weighted by atomic mass is 9.86. The van der Waals surface area contributed by atoms with E-state index in [0.29, 0.717) is 58.3 Å². The Morgan fingerprint density at radius 3 is 2.17 bits per heavy atom. The molecule has 0 radical (unpaired) electrons. The third-order valence-electron chi connectivity index (χ3n) is 14.0. The lowest BCUT2D eigenvalue weighted by molar-refractivity contribution is -0.172. The molecule has 80 heavy (non-hydrogen) atoms. The zero-order chi connectivity index (χ0) is 57.1. The van der Waals surface area contributed by atoms with Gasteiger partial charge in [-0.2, -0.15) is 0 Å². The molecular formula is C57H60FN9O13. The Bertz CT molecular complexity index is 3330. The number of rotatable bonds is 25. The van der Waals surface area contributed by atoms with Gasteiger partial charge in [-0.25, -0.2) is 14.2 Å². The number of halogens is 1. The number of carbonyl (C=O) groups excluding carboxylic acids is 9. The molecule has 5 heterocycles. The van der Waals surface area contributed by atoms with Crippen molar-refractivity contribution in [3.8, 4) is 11.4 Å². The van der Waals surface area contributed by atoms with E-state index in [1.165, 1.54) is 27.7 Å². The van der Waals surface area contributed by atoms with Crippen LogP contribution in [-0.2, 0) is 90.9 Å². The number of unbranched alkanes of at least 4 members (excludes halogenated alkanes) is 2. The van der Waals surface area contributed by atoms with Crippen molar-refractivity contribution in [1.82, 2.24) is 45.9 Å². The number of amides is 8. The minimum atomic E-state index is -2.08. The number of cyclic esters (lactones) is 1. The summed E-state index contributed by atoms with van der Waals surface area (Å²) in [6.07, 6.45) is 4.01. The van der Waals surface area contributed by atoms with Crippen LogP contribution in [0.5, 0.6) is 0 Å². The van der Waals surface area contributed by atoms with Crippen LogP contribution in [-0.4, -0.2) is 123 Å². The summed E-state index contributed by atoms with van der Waals surface area (Å²) in [4.78, 5) is 136. The second kappa shape index (κ2) is 25.7. The van der Waals surface area contributed by atoms with Gasteiger partial charge in [-0.3, -0.25) is 48.1 Å². The molecule has 418 valence electrons. The van der Waals surface area contributed by atoms with Gasteiger partial charge in [0.1, 0.15) is 31.8 Å². The third-order valence-corrected chi connectivity index (χ3v) is 14.0. The monoisotopic (exact) mass is 1100 g/mol. The Morgan fingerprint density at radius 1 is 0.800 bits per heavy atom. The first-order valence-corrected chi connectivity index (χ1v) is 26.1. The minimum Gasteiger partial charge on any atom is -0.458 e. The molecule has 2 atom stereocenters. The predicted molar refractivity (Wildman–Crippen MR) is 284 cm³/mol. The van der Waals surface area contributed by atoms with Crippen molar-refractivity contribution >= 4 is 64.1 Å². The number of pyridine rings is 2. The molecule has 0 spiro atoms. The van der Waals surface area contributed by atoms with E-state index in [9.17, 15) is 53.1 Å². The molecule has 6 N–H and O–H groups in total. The maximum Gasteiger partial charge on any atom is 0.343 e. The van der Waals surface area contributed by atoms with Gasteiger partial charge in [-0.15, -0.1) is 0 Å². The molecule has 3 aliphatic rings. The number of carbonyl (C=O) groups is 9. The Morgan fingerprint density at radius 2 is 1.46 bits per heavy atom. The van der Waals surface area contributed by atoms with Gasteiger partial charge in [0, 0.05) is 67.2 Å². The van der Waals surface area contributed by atoms with Crippen molar-refractivity contribution in [3.05, 3.63) is 146 Å². The minimum absolute atomic E-state index is 0.0103. The molecule has 0 fully saturated rings. The van der Waals surface area contributed by atoms with Crippen LogP contribution >= 0.6 is 0 Å². The summed E-state index contributed by atoms with van der Waals surface area (Å²) in [5.41, 5.74) is 1.43. The highest BCUT2D eigenvalue weighted by atomic mass is 19.1. The summed E-state index contributed by atoms with van der Waals surface area (Å²) in [5, 5.41) is 24.4. The smallest absolute Gasteiger partial charge is 0.343 e. The molecule has 5 aromatic rings. The normalized spacial score (nSPS) is 15.3. The van der Waals surface area contributed by atoms with E-state index in [0.717, 1.165) is 10.5 Å². The number of ether oxygens (including phenoxy) is 2. The fraction of sp³-hybridized carbons (Fsp3) is 0.351. The van der Waals surface area contributed by atoms with Crippen LogP contribution < -0.4 is 32.1 Å². The van der Waals surface area contributed by atoms with Gasteiger partial charge in [-0.1, -0.05) is 74.0 Å². The number of aromatic nitrogens is 2. The van der Waals surface area contributed by atoms with E-state index < -0.39 is 97.4 Å². The van der Waals surface area contributed by atoms with Gasteiger partial charge < -0.3 is 50.6 Å². The van der Waals surface area contributed by atoms with E-state index in [2.05, 4.69) is 26.6 Å². The van der Waals surface area contributed by atoms with Crippen LogP contribution in [0.1, 0.15) is 78.0 Å². The third kappa shape index (κ3) is 13.5. The number of esters is 1. The number of aryl methyl sites for hydroxylation is 1. The largest absolute Gasteiger partial charge is 0.458 e. The highest BCUT2D eigenvalue weighted by molar-refractivity contribution is 6.12. The number of hydrogen-bond acceptors (Lipinski definition) is 14. The molecular weight excluding hydrogens is 1040 g/mol. The Kier molecular flexibility index (Phi) is 18.4. The summed E-state index contributed by atoms with van der Waals surface area (Å²) < 4.78 is 27.6. The lowest BCUT2D eigenvalue weighted by Crippen LogP contribution is -2.52. The van der Waals surface area contributed by atoms with Crippen molar-refractivity contribution in [2.24, 2.45) is 0 Å². The number of nitrogens with one attached hydrogen (secondary N) is 5. The van der Waals surface area contributed by atoms with E-state index in [-0.39, 0.29) is 80.5 Å². The Labute approximate surface area is 458 Å². The first-order valence-electron chi connectivity index (χ1n) is 26.1. The van der Waals surface area contributed by atoms with E-state index in [4.69, 9.17) is 14.5 Å². The molecule has 0 saturated carbocycles. The zero-order valence-corrected chi connectivity index (χ0v) is 44.1. The molecule has 22 nitrogen and oxygen atoms in total. The fourth-order valence-electron chi connectivity index (χ4n) is 9.61. The Hall–Kier alpha value is -8.96. The molecule has 0 aliphatic carbocycles. The van der Waals surface area contributed by atoms with Crippen LogP contribution in [0.2, 0.25) is 0 Å². The average Bonchev–Trinajstić information content (AvgIpc) is 4.21. The van der Waals surface area contributed by atoms with E-state index in [1.54, 1.807) is 56.3 Å². The average molecular weight is 1100 g/mol. The second-order valence-corrected chi connectivity index (χ2v) is 19.5. The number of imide groups is 1. The van der Waals surface area contributed by atoms with Crippen LogP contribution in [0, 0.1) is 12.7 Å². The summed E-state index contributed by atoms with van der Waals surface area (Å²) in [6.45, 7) is 0.695. The summed E-state index contributed by atoms with van der Waals surface area (Å²) in [5.74, 6) is -5.85. The van der Waals surface area contributed by atoms with Crippen LogP contribution in [0.25, 0.3) is 22.3 Å². The first kappa shape index (κ1) is 57.2. The molecule has 0 saturated heterocycles. The Balaban J connectivity index is 0.854. The van der Waals surface area contributed by atoms with Gasteiger partial charge >= 0.3 is 5.97 Å². The maximum atomic E-state index is 15.3. The van der Waals surface area contributed by atoms with Crippen LogP contribution in [0.15, 0.2) is 95.8 Å². The molecule has 2 aromatic heterocycles. The van der Waals surface area contributed by atoms with Crippen molar-refractivity contribution in [3.63, 3.8) is 0 Å². The molecule has 23 heteroatoms. The number of aliphatic hydroxyl groups is 1. The molecule has 3 aromatic carbocycles. The molecule has 8 amide bonds. The van der Waals surface area contributed by atoms with Crippen molar-refractivity contribution in [1.29, 1.82) is 0 Å². The van der Waals surface area contributed by atoms with Crippen molar-refractivity contribution < 1.29 is 62.1 Å². The number of benzene rings is 3. The van der Waals surface area contributed by atoms with E-state index in [1.807, 2.05) is 30.3 Å². The molecule has 8 rings (SSSR count). The first-order chi connectivity index (χ1) is 38.4. The van der Waals surface area contributed by atoms with E-state index >= 15 is 4.39 Å². The summed E-state index contributed by atoms with van der Waals surface area (Å²) in [7, 11) is 0. The molecule has 3 aliphatic heterocycles. The SMILES string of the molecule is CC[C@@]1(O)C(=O)OCc2c1cc1n(c2=O)Cc2c-1nc1cc(F)c(C)cc1c2CN(Cc1ccccc1)C(=O)COCNC(=O)CNC(=O)[C@H](Cc1ccccc1)NC(=O)CNC(=O)CNC(=O)CCCCCN1C(=O)C=CC1=O. The number of nitrogens with zero attached hydrogens (tertiary/aromatic N) is 4.